The van der Waals surface area contributed by atoms with Crippen LogP contribution in [0.4, 0.5) is 13.2 Å². The molecule has 0 spiro atoms. The van der Waals surface area contributed by atoms with Crippen molar-refractivity contribution in [3.8, 4) is 22.4 Å². The van der Waals surface area contributed by atoms with E-state index in [0.717, 1.165) is 16.1 Å². The highest BCUT2D eigenvalue weighted by molar-refractivity contribution is 6.42. The van der Waals surface area contributed by atoms with Crippen LogP contribution >= 0.6 is 23.2 Å². The molecule has 0 aliphatic heterocycles. The molecule has 8 heteroatoms. The van der Waals surface area contributed by atoms with Crippen molar-refractivity contribution in [1.82, 2.24) is 14.6 Å². The van der Waals surface area contributed by atoms with E-state index in [1.54, 1.807) is 30.3 Å². The number of halogens is 5. The normalized spacial score (nSPS) is 11.9. The average molecular weight is 408 g/mol. The first-order valence-electron chi connectivity index (χ1n) is 7.81. The second-order valence-electron chi connectivity index (χ2n) is 5.81. The van der Waals surface area contributed by atoms with Gasteiger partial charge in [-0.05, 0) is 23.8 Å². The number of benzene rings is 2. The van der Waals surface area contributed by atoms with Gasteiger partial charge >= 0.3 is 6.18 Å². The van der Waals surface area contributed by atoms with Crippen molar-refractivity contribution in [2.75, 3.05) is 0 Å². The molecule has 4 rings (SSSR count). The van der Waals surface area contributed by atoms with Crippen molar-refractivity contribution in [3.05, 3.63) is 76.5 Å². The summed E-state index contributed by atoms with van der Waals surface area (Å²) < 4.78 is 41.7. The minimum atomic E-state index is -4.61. The molecule has 4 aromatic rings. The maximum absolute atomic E-state index is 13.6. The Morgan fingerprint density at radius 2 is 1.59 bits per heavy atom. The van der Waals surface area contributed by atoms with Gasteiger partial charge in [0.2, 0.25) is 0 Å². The molecule has 2 heterocycles. The Hall–Kier alpha value is -2.57. The number of nitrogens with zero attached hydrogens (tertiary/aromatic N) is 3. The van der Waals surface area contributed by atoms with Crippen molar-refractivity contribution >= 4 is 28.8 Å². The smallest absolute Gasteiger partial charge is 0.228 e. The van der Waals surface area contributed by atoms with E-state index < -0.39 is 11.9 Å². The molecule has 0 fully saturated rings. The van der Waals surface area contributed by atoms with Crippen LogP contribution in [0.2, 0.25) is 10.0 Å². The number of rotatable bonds is 2. The van der Waals surface area contributed by atoms with Gasteiger partial charge in [-0.25, -0.2) is 9.50 Å². The second-order valence-corrected chi connectivity index (χ2v) is 6.63. The van der Waals surface area contributed by atoms with E-state index in [9.17, 15) is 13.2 Å². The summed E-state index contributed by atoms with van der Waals surface area (Å²) in [6.07, 6.45) is -3.22. The van der Waals surface area contributed by atoms with Gasteiger partial charge in [0.1, 0.15) is 0 Å². The Morgan fingerprint density at radius 1 is 0.852 bits per heavy atom. The topological polar surface area (TPSA) is 30.2 Å². The fraction of sp³-hybridized carbons (Fsp3) is 0.0526. The zero-order chi connectivity index (χ0) is 19.2. The lowest BCUT2D eigenvalue weighted by molar-refractivity contribution is -0.142. The van der Waals surface area contributed by atoms with Gasteiger partial charge in [-0.1, -0.05) is 59.6 Å². The highest BCUT2D eigenvalue weighted by Crippen LogP contribution is 2.35. The molecule has 0 radical (unpaired) electrons. The molecule has 0 bridgehead atoms. The van der Waals surface area contributed by atoms with Gasteiger partial charge in [0.05, 0.1) is 21.9 Å². The fourth-order valence-electron chi connectivity index (χ4n) is 2.79. The standard InChI is InChI=1S/C19H10Cl2F3N3/c20-14-7-6-12(8-15(14)21)16-9-17(19(22,23)24)27-18(26-16)13(10-25-27)11-4-2-1-3-5-11/h1-10H. The van der Waals surface area contributed by atoms with Gasteiger partial charge in [-0.2, -0.15) is 18.3 Å². The van der Waals surface area contributed by atoms with E-state index in [1.165, 1.54) is 18.3 Å². The Kier molecular flexibility index (Phi) is 4.32. The molecule has 0 N–H and O–H groups in total. The lowest BCUT2D eigenvalue weighted by Gasteiger charge is -2.12. The van der Waals surface area contributed by atoms with E-state index in [2.05, 4.69) is 10.1 Å². The molecule has 0 aliphatic rings. The summed E-state index contributed by atoms with van der Waals surface area (Å²) in [6.45, 7) is 0. The predicted molar refractivity (Wildman–Crippen MR) is 98.9 cm³/mol. The quantitative estimate of drug-likeness (QED) is 0.385. The molecule has 0 saturated carbocycles. The maximum atomic E-state index is 13.6. The van der Waals surface area contributed by atoms with Crippen LogP contribution in [0.1, 0.15) is 5.69 Å². The maximum Gasteiger partial charge on any atom is 0.433 e. The van der Waals surface area contributed by atoms with E-state index in [4.69, 9.17) is 23.2 Å². The summed E-state index contributed by atoms with van der Waals surface area (Å²) >= 11 is 11.9. The summed E-state index contributed by atoms with van der Waals surface area (Å²) in [4.78, 5) is 4.43. The number of aromatic nitrogens is 3. The Labute approximate surface area is 162 Å². The SMILES string of the molecule is FC(F)(F)c1cc(-c2ccc(Cl)c(Cl)c2)nc2c(-c3ccccc3)cnn12. The number of fused-ring (bicyclic) bond motifs is 1. The molecule has 0 saturated heterocycles. The fourth-order valence-corrected chi connectivity index (χ4v) is 3.09. The largest absolute Gasteiger partial charge is 0.433 e. The number of hydrogen-bond donors (Lipinski definition) is 0. The van der Waals surface area contributed by atoms with E-state index in [0.29, 0.717) is 16.1 Å². The zero-order valence-corrected chi connectivity index (χ0v) is 15.0. The third kappa shape index (κ3) is 3.26. The second kappa shape index (κ2) is 6.55. The Bertz CT molecular complexity index is 1140. The van der Waals surface area contributed by atoms with Crippen LogP contribution in [0, 0.1) is 0 Å². The average Bonchev–Trinajstić information content (AvgIpc) is 3.07. The van der Waals surface area contributed by atoms with Crippen molar-refractivity contribution in [2.45, 2.75) is 6.18 Å². The van der Waals surface area contributed by atoms with Gasteiger partial charge < -0.3 is 0 Å². The summed E-state index contributed by atoms with van der Waals surface area (Å²) in [5, 5.41) is 4.46. The van der Waals surface area contributed by atoms with Crippen LogP contribution in [-0.2, 0) is 6.18 Å². The van der Waals surface area contributed by atoms with Gasteiger partial charge in [-0.3, -0.25) is 0 Å². The van der Waals surface area contributed by atoms with Crippen LogP contribution in [-0.4, -0.2) is 14.6 Å². The lowest BCUT2D eigenvalue weighted by atomic mass is 10.1. The van der Waals surface area contributed by atoms with Crippen molar-refractivity contribution in [2.24, 2.45) is 0 Å². The minimum Gasteiger partial charge on any atom is -0.228 e. The van der Waals surface area contributed by atoms with Crippen LogP contribution in [0.3, 0.4) is 0 Å². The van der Waals surface area contributed by atoms with Gasteiger partial charge in [-0.15, -0.1) is 0 Å². The van der Waals surface area contributed by atoms with E-state index in [1.807, 2.05) is 6.07 Å². The molecule has 27 heavy (non-hydrogen) atoms. The van der Waals surface area contributed by atoms with Gasteiger partial charge in [0, 0.05) is 11.1 Å². The molecule has 0 aliphatic carbocycles. The summed E-state index contributed by atoms with van der Waals surface area (Å²) in [5.74, 6) is 0. The monoisotopic (exact) mass is 407 g/mol. The molecular weight excluding hydrogens is 398 g/mol. The van der Waals surface area contributed by atoms with Crippen molar-refractivity contribution in [3.63, 3.8) is 0 Å². The molecule has 2 aromatic heterocycles. The molecule has 2 aromatic carbocycles. The first kappa shape index (κ1) is 17.8. The Morgan fingerprint density at radius 3 is 2.26 bits per heavy atom. The summed E-state index contributed by atoms with van der Waals surface area (Å²) in [6, 6.07) is 14.5. The predicted octanol–water partition coefficient (Wildman–Crippen LogP) is 6.39. The van der Waals surface area contributed by atoms with Crippen LogP contribution < -0.4 is 0 Å². The molecule has 0 amide bonds. The van der Waals surface area contributed by atoms with Crippen molar-refractivity contribution < 1.29 is 13.2 Å². The van der Waals surface area contributed by atoms with Crippen LogP contribution in [0.25, 0.3) is 28.0 Å². The first-order valence-corrected chi connectivity index (χ1v) is 8.57. The van der Waals surface area contributed by atoms with Crippen LogP contribution in [0.15, 0.2) is 60.8 Å². The van der Waals surface area contributed by atoms with Gasteiger partial charge in [0.15, 0.2) is 11.3 Å². The van der Waals surface area contributed by atoms with Gasteiger partial charge in [0.25, 0.3) is 0 Å². The molecule has 3 nitrogen and oxygen atoms in total. The third-order valence-corrected chi connectivity index (χ3v) is 4.80. The lowest BCUT2D eigenvalue weighted by Crippen LogP contribution is -2.13. The molecular formula is C19H10Cl2F3N3. The molecule has 0 unspecified atom stereocenters. The van der Waals surface area contributed by atoms with E-state index >= 15 is 0 Å². The van der Waals surface area contributed by atoms with Crippen molar-refractivity contribution in [1.29, 1.82) is 0 Å². The molecule has 136 valence electrons. The zero-order valence-electron chi connectivity index (χ0n) is 13.5. The number of alkyl halides is 3. The highest BCUT2D eigenvalue weighted by atomic mass is 35.5. The summed E-state index contributed by atoms with van der Waals surface area (Å²) in [5.41, 5.74) is 0.971. The van der Waals surface area contributed by atoms with E-state index in [-0.39, 0.29) is 16.4 Å². The highest BCUT2D eigenvalue weighted by Gasteiger charge is 2.35. The Balaban J connectivity index is 2.01. The third-order valence-electron chi connectivity index (χ3n) is 4.06. The summed E-state index contributed by atoms with van der Waals surface area (Å²) in [7, 11) is 0. The minimum absolute atomic E-state index is 0.108. The number of hydrogen-bond acceptors (Lipinski definition) is 2. The first-order chi connectivity index (χ1) is 12.8. The van der Waals surface area contributed by atoms with Crippen LogP contribution in [0.5, 0.6) is 0 Å². The molecule has 0 atom stereocenters.